The zero-order valence-electron chi connectivity index (χ0n) is 18.0. The summed E-state index contributed by atoms with van der Waals surface area (Å²) in [5, 5.41) is 17.3. The van der Waals surface area contributed by atoms with Gasteiger partial charge in [-0.25, -0.2) is 4.98 Å². The summed E-state index contributed by atoms with van der Waals surface area (Å²) in [6.07, 6.45) is 5.66. The second-order valence-corrected chi connectivity index (χ2v) is 7.85. The molecule has 31 heavy (non-hydrogen) atoms. The normalized spacial score (nSPS) is 18.2. The molecule has 166 valence electrons. The van der Waals surface area contributed by atoms with Crippen molar-refractivity contribution >= 4 is 23.4 Å². The van der Waals surface area contributed by atoms with Crippen molar-refractivity contribution in [2.45, 2.75) is 31.7 Å². The van der Waals surface area contributed by atoms with Gasteiger partial charge >= 0.3 is 5.69 Å². The number of carbonyl (C=O) groups is 1. The van der Waals surface area contributed by atoms with E-state index in [0.29, 0.717) is 30.0 Å². The van der Waals surface area contributed by atoms with Gasteiger partial charge in [0.15, 0.2) is 5.75 Å². The van der Waals surface area contributed by atoms with E-state index in [9.17, 15) is 14.9 Å². The van der Waals surface area contributed by atoms with E-state index in [1.165, 1.54) is 25.3 Å². The predicted molar refractivity (Wildman–Crippen MR) is 118 cm³/mol. The first kappa shape index (κ1) is 22.3. The van der Waals surface area contributed by atoms with Crippen LogP contribution in [0.4, 0.5) is 17.5 Å². The molecule has 1 fully saturated rings. The molecule has 10 heteroatoms. The minimum atomic E-state index is -0.533. The van der Waals surface area contributed by atoms with Gasteiger partial charge in [-0.15, -0.1) is 0 Å². The molecule has 2 N–H and O–H groups in total. The molecule has 3 rings (SSSR count). The number of carbonyl (C=O) groups excluding carboxylic acids is 1. The summed E-state index contributed by atoms with van der Waals surface area (Å²) in [7, 11) is 5.23. The summed E-state index contributed by atoms with van der Waals surface area (Å²) in [6, 6.07) is 6.31. The van der Waals surface area contributed by atoms with Crippen LogP contribution >= 0.6 is 0 Å². The Kier molecular flexibility index (Phi) is 7.22. The van der Waals surface area contributed by atoms with Gasteiger partial charge in [0.2, 0.25) is 5.95 Å². The third kappa shape index (κ3) is 5.80. The van der Waals surface area contributed by atoms with E-state index in [1.54, 1.807) is 6.20 Å². The van der Waals surface area contributed by atoms with E-state index in [4.69, 9.17) is 4.74 Å². The molecule has 0 bridgehead atoms. The lowest BCUT2D eigenvalue weighted by molar-refractivity contribution is -0.385. The van der Waals surface area contributed by atoms with Crippen molar-refractivity contribution in [2.24, 2.45) is 5.92 Å². The molecule has 0 spiro atoms. The molecule has 1 aliphatic rings. The third-order valence-corrected chi connectivity index (χ3v) is 5.47. The number of nitro groups is 1. The Hall–Kier alpha value is -3.43. The van der Waals surface area contributed by atoms with Crippen LogP contribution in [0.15, 0.2) is 30.5 Å². The van der Waals surface area contributed by atoms with Crippen LogP contribution in [-0.2, 0) is 0 Å². The molecular formula is C21H28N6O4. The zero-order valence-corrected chi connectivity index (χ0v) is 18.0. The highest BCUT2D eigenvalue weighted by molar-refractivity contribution is 5.95. The maximum absolute atomic E-state index is 12.5. The van der Waals surface area contributed by atoms with Crippen molar-refractivity contribution in [1.82, 2.24) is 15.3 Å². The van der Waals surface area contributed by atoms with Crippen molar-refractivity contribution in [3.8, 4) is 5.75 Å². The Balaban J connectivity index is 1.47. The van der Waals surface area contributed by atoms with Crippen molar-refractivity contribution < 1.29 is 14.5 Å². The summed E-state index contributed by atoms with van der Waals surface area (Å²) in [5.41, 5.74) is 0.181. The Labute approximate surface area is 181 Å². The maximum Gasteiger partial charge on any atom is 0.310 e. The van der Waals surface area contributed by atoms with Gasteiger partial charge in [0.05, 0.1) is 12.0 Å². The number of rotatable bonds is 8. The van der Waals surface area contributed by atoms with Crippen molar-refractivity contribution in [1.29, 1.82) is 0 Å². The standard InChI is InChI=1S/C21H28N6O4/c1-26(2)19-10-11-22-21(25-19)24-16-7-4-14(5-8-16)13-23-20(28)15-6-9-17(27(29)30)18(12-15)31-3/h6,9-12,14,16H,4-5,7-8,13H2,1-3H3,(H,23,28)(H,22,24,25)/t14-,16+. The molecule has 1 aliphatic carbocycles. The van der Waals surface area contributed by atoms with Crippen LogP contribution in [0.3, 0.4) is 0 Å². The lowest BCUT2D eigenvalue weighted by atomic mass is 9.86. The lowest BCUT2D eigenvalue weighted by Gasteiger charge is -2.29. The Morgan fingerprint density at radius 2 is 2.00 bits per heavy atom. The quantitative estimate of drug-likeness (QED) is 0.486. The lowest BCUT2D eigenvalue weighted by Crippen LogP contribution is -2.34. The average Bonchev–Trinajstić information content (AvgIpc) is 2.78. The minimum Gasteiger partial charge on any atom is -0.490 e. The van der Waals surface area contributed by atoms with Crippen LogP contribution in [-0.4, -0.2) is 54.6 Å². The van der Waals surface area contributed by atoms with Gasteiger partial charge in [-0.3, -0.25) is 14.9 Å². The fraction of sp³-hybridized carbons (Fsp3) is 0.476. The molecule has 2 aromatic rings. The summed E-state index contributed by atoms with van der Waals surface area (Å²) in [6.45, 7) is 0.567. The molecule has 0 aliphatic heterocycles. The van der Waals surface area contributed by atoms with Crippen molar-refractivity contribution in [3.63, 3.8) is 0 Å². The first-order chi connectivity index (χ1) is 14.9. The zero-order chi connectivity index (χ0) is 22.4. The monoisotopic (exact) mass is 428 g/mol. The number of hydrogen-bond donors (Lipinski definition) is 2. The number of anilines is 2. The molecule has 1 amide bonds. The van der Waals surface area contributed by atoms with Gasteiger partial charge in [-0.1, -0.05) is 0 Å². The van der Waals surface area contributed by atoms with Gasteiger partial charge in [-0.05, 0) is 43.7 Å². The summed E-state index contributed by atoms with van der Waals surface area (Å²) in [4.78, 5) is 33.7. The maximum atomic E-state index is 12.5. The van der Waals surface area contributed by atoms with Gasteiger partial charge in [0.1, 0.15) is 5.82 Å². The van der Waals surface area contributed by atoms with E-state index in [-0.39, 0.29) is 17.3 Å². The molecule has 0 saturated heterocycles. The van der Waals surface area contributed by atoms with Crippen LogP contribution in [0.5, 0.6) is 5.75 Å². The van der Waals surface area contributed by atoms with Crippen molar-refractivity contribution in [2.75, 3.05) is 38.0 Å². The summed E-state index contributed by atoms with van der Waals surface area (Å²) >= 11 is 0. The van der Waals surface area contributed by atoms with Crippen molar-refractivity contribution in [3.05, 3.63) is 46.1 Å². The molecule has 1 saturated carbocycles. The van der Waals surface area contributed by atoms with Gasteiger partial charge < -0.3 is 20.3 Å². The molecular weight excluding hydrogens is 400 g/mol. The van der Waals surface area contributed by atoms with Crippen LogP contribution in [0, 0.1) is 16.0 Å². The molecule has 0 radical (unpaired) electrons. The smallest absolute Gasteiger partial charge is 0.310 e. The predicted octanol–water partition coefficient (Wildman–Crippen LogP) is 2.86. The molecule has 10 nitrogen and oxygen atoms in total. The SMILES string of the molecule is COc1cc(C(=O)NC[C@H]2CC[C@@H](Nc3nccc(N(C)C)n3)CC2)ccc1[N+](=O)[O-]. The number of ether oxygens (including phenoxy) is 1. The number of amides is 1. The molecule has 1 heterocycles. The summed E-state index contributed by atoms with van der Waals surface area (Å²) < 4.78 is 5.03. The number of nitrogens with zero attached hydrogens (tertiary/aromatic N) is 4. The number of methoxy groups -OCH3 is 1. The van der Waals surface area contributed by atoms with E-state index in [2.05, 4.69) is 20.6 Å². The second-order valence-electron chi connectivity index (χ2n) is 7.85. The first-order valence-corrected chi connectivity index (χ1v) is 10.2. The van der Waals surface area contributed by atoms with E-state index in [0.717, 1.165) is 31.5 Å². The highest BCUT2D eigenvalue weighted by Crippen LogP contribution is 2.28. The van der Waals surface area contributed by atoms with Crippen LogP contribution in [0.1, 0.15) is 36.0 Å². The highest BCUT2D eigenvalue weighted by Gasteiger charge is 2.23. The third-order valence-electron chi connectivity index (χ3n) is 5.47. The molecule has 1 aromatic heterocycles. The average molecular weight is 428 g/mol. The highest BCUT2D eigenvalue weighted by atomic mass is 16.6. The minimum absolute atomic E-state index is 0.0739. The number of aromatic nitrogens is 2. The largest absolute Gasteiger partial charge is 0.490 e. The van der Waals surface area contributed by atoms with Crippen LogP contribution < -0.4 is 20.3 Å². The number of hydrogen-bond acceptors (Lipinski definition) is 8. The fourth-order valence-electron chi connectivity index (χ4n) is 3.67. The second kappa shape index (κ2) is 10.1. The van der Waals surface area contributed by atoms with E-state index in [1.807, 2.05) is 25.1 Å². The van der Waals surface area contributed by atoms with Gasteiger partial charge in [-0.2, -0.15) is 4.98 Å². The Bertz CT molecular complexity index is 928. The number of benzene rings is 1. The topological polar surface area (TPSA) is 123 Å². The fourth-order valence-corrected chi connectivity index (χ4v) is 3.67. The van der Waals surface area contributed by atoms with E-state index >= 15 is 0 Å². The van der Waals surface area contributed by atoms with Crippen LogP contribution in [0.2, 0.25) is 0 Å². The van der Waals surface area contributed by atoms with Gasteiger partial charge in [0.25, 0.3) is 5.91 Å². The van der Waals surface area contributed by atoms with Gasteiger partial charge in [0, 0.05) is 50.6 Å². The van der Waals surface area contributed by atoms with E-state index < -0.39 is 4.92 Å². The Morgan fingerprint density at radius 1 is 1.26 bits per heavy atom. The van der Waals surface area contributed by atoms with Crippen LogP contribution in [0.25, 0.3) is 0 Å². The molecule has 1 aromatic carbocycles. The number of nitro benzene ring substituents is 1. The Morgan fingerprint density at radius 3 is 2.65 bits per heavy atom. The molecule has 0 unspecified atom stereocenters. The number of nitrogens with one attached hydrogen (secondary N) is 2. The molecule has 0 atom stereocenters. The summed E-state index contributed by atoms with van der Waals surface area (Å²) in [5.74, 6) is 1.69. The first-order valence-electron chi connectivity index (χ1n) is 10.2.